The molecule has 1 aromatic rings. The Hall–Kier alpha value is -0.380. The van der Waals surface area contributed by atoms with Gasteiger partial charge in [-0.25, -0.2) is 0 Å². The van der Waals surface area contributed by atoms with Crippen LogP contribution in [0.2, 0.25) is 0 Å². The van der Waals surface area contributed by atoms with Crippen LogP contribution in [0, 0.1) is 5.41 Å². The Kier molecular flexibility index (Phi) is 4.93. The lowest BCUT2D eigenvalue weighted by molar-refractivity contribution is 0.00216. The van der Waals surface area contributed by atoms with Crippen LogP contribution in [-0.4, -0.2) is 29.6 Å². The van der Waals surface area contributed by atoms with Gasteiger partial charge in [-0.15, -0.1) is 11.3 Å². The lowest BCUT2D eigenvalue weighted by Crippen LogP contribution is -2.66. The zero-order valence-electron chi connectivity index (χ0n) is 13.7. The van der Waals surface area contributed by atoms with Gasteiger partial charge in [0.25, 0.3) is 0 Å². The highest BCUT2D eigenvalue weighted by Crippen LogP contribution is 2.33. The van der Waals surface area contributed by atoms with Gasteiger partial charge in [-0.1, -0.05) is 40.7 Å². The first-order valence-electron chi connectivity index (χ1n) is 7.92. The monoisotopic (exact) mass is 294 g/mol. The Labute approximate surface area is 128 Å². The standard InChI is InChI=1S/C17H30N2S/c1-6-17(7-2)13-18-15(16(3,4)5)12-19(17)11-14-9-8-10-20-14/h8-10,15,18H,6-7,11-13H2,1-5H3. The zero-order chi connectivity index (χ0) is 14.8. The highest BCUT2D eigenvalue weighted by atomic mass is 32.1. The maximum atomic E-state index is 3.82. The van der Waals surface area contributed by atoms with E-state index in [1.54, 1.807) is 0 Å². The second kappa shape index (κ2) is 6.17. The Bertz CT molecular complexity index is 401. The number of thiophene rings is 1. The molecule has 114 valence electrons. The second-order valence-corrected chi connectivity index (χ2v) is 8.22. The summed E-state index contributed by atoms with van der Waals surface area (Å²) in [6, 6.07) is 5.02. The van der Waals surface area contributed by atoms with Crippen LogP contribution in [0.1, 0.15) is 52.3 Å². The van der Waals surface area contributed by atoms with Crippen LogP contribution in [0.15, 0.2) is 17.5 Å². The van der Waals surface area contributed by atoms with E-state index in [1.165, 1.54) is 17.7 Å². The highest BCUT2D eigenvalue weighted by molar-refractivity contribution is 7.09. The molecule has 0 spiro atoms. The van der Waals surface area contributed by atoms with Crippen LogP contribution in [0.5, 0.6) is 0 Å². The Morgan fingerprint density at radius 1 is 1.35 bits per heavy atom. The van der Waals surface area contributed by atoms with Crippen molar-refractivity contribution in [3.63, 3.8) is 0 Å². The van der Waals surface area contributed by atoms with Gasteiger partial charge in [0.2, 0.25) is 0 Å². The molecule has 1 N–H and O–H groups in total. The average Bonchev–Trinajstić information content (AvgIpc) is 2.91. The van der Waals surface area contributed by atoms with E-state index in [0.717, 1.165) is 19.6 Å². The molecular formula is C17H30N2S. The van der Waals surface area contributed by atoms with Gasteiger partial charge in [-0.2, -0.15) is 0 Å². The maximum absolute atomic E-state index is 3.82. The summed E-state index contributed by atoms with van der Waals surface area (Å²) in [6.45, 7) is 15.1. The molecule has 2 heterocycles. The van der Waals surface area contributed by atoms with Crippen LogP contribution in [-0.2, 0) is 6.54 Å². The average molecular weight is 295 g/mol. The molecule has 1 aliphatic heterocycles. The van der Waals surface area contributed by atoms with Gasteiger partial charge in [0.15, 0.2) is 0 Å². The lowest BCUT2D eigenvalue weighted by Gasteiger charge is -2.52. The van der Waals surface area contributed by atoms with Crippen molar-refractivity contribution < 1.29 is 0 Å². The summed E-state index contributed by atoms with van der Waals surface area (Å²) in [6.07, 6.45) is 2.44. The van der Waals surface area contributed by atoms with Gasteiger partial charge in [0, 0.05) is 36.1 Å². The Morgan fingerprint density at radius 2 is 2.05 bits per heavy atom. The minimum Gasteiger partial charge on any atom is -0.310 e. The molecule has 2 rings (SSSR count). The summed E-state index contributed by atoms with van der Waals surface area (Å²) in [5, 5.41) is 6.02. The van der Waals surface area contributed by atoms with E-state index < -0.39 is 0 Å². The van der Waals surface area contributed by atoms with Crippen molar-refractivity contribution in [3.8, 4) is 0 Å². The molecule has 1 saturated heterocycles. The predicted molar refractivity (Wildman–Crippen MR) is 89.3 cm³/mol. The largest absolute Gasteiger partial charge is 0.310 e. The van der Waals surface area contributed by atoms with Gasteiger partial charge >= 0.3 is 0 Å². The molecule has 1 aliphatic rings. The molecule has 1 unspecified atom stereocenters. The molecule has 0 saturated carbocycles. The fraction of sp³-hybridized carbons (Fsp3) is 0.765. The Balaban J connectivity index is 2.19. The first-order chi connectivity index (χ1) is 9.41. The van der Waals surface area contributed by atoms with Crippen molar-refractivity contribution in [2.75, 3.05) is 13.1 Å². The van der Waals surface area contributed by atoms with E-state index >= 15 is 0 Å². The van der Waals surface area contributed by atoms with Crippen molar-refractivity contribution in [2.24, 2.45) is 5.41 Å². The molecule has 1 fully saturated rings. The smallest absolute Gasteiger partial charge is 0.0334 e. The van der Waals surface area contributed by atoms with Crippen LogP contribution >= 0.6 is 11.3 Å². The fourth-order valence-electron chi connectivity index (χ4n) is 3.25. The normalized spacial score (nSPS) is 23.9. The molecule has 0 aliphatic carbocycles. The Morgan fingerprint density at radius 3 is 2.55 bits per heavy atom. The van der Waals surface area contributed by atoms with Gasteiger partial charge < -0.3 is 5.32 Å². The summed E-state index contributed by atoms with van der Waals surface area (Å²) in [4.78, 5) is 4.23. The molecule has 3 heteroatoms. The van der Waals surface area contributed by atoms with Gasteiger partial charge in [-0.05, 0) is 29.7 Å². The van der Waals surface area contributed by atoms with E-state index in [1.807, 2.05) is 11.3 Å². The zero-order valence-corrected chi connectivity index (χ0v) is 14.5. The number of nitrogens with one attached hydrogen (secondary N) is 1. The minimum absolute atomic E-state index is 0.321. The fourth-order valence-corrected chi connectivity index (χ4v) is 3.97. The summed E-state index contributed by atoms with van der Waals surface area (Å²) < 4.78 is 0. The third-order valence-corrected chi connectivity index (χ3v) is 5.90. The third-order valence-electron chi connectivity index (χ3n) is 5.04. The first-order valence-corrected chi connectivity index (χ1v) is 8.80. The van der Waals surface area contributed by atoms with Crippen LogP contribution in [0.25, 0.3) is 0 Å². The summed E-state index contributed by atoms with van der Waals surface area (Å²) in [5.41, 5.74) is 0.646. The van der Waals surface area contributed by atoms with E-state index in [9.17, 15) is 0 Å². The van der Waals surface area contributed by atoms with Crippen LogP contribution in [0.3, 0.4) is 0 Å². The van der Waals surface area contributed by atoms with E-state index in [4.69, 9.17) is 0 Å². The topological polar surface area (TPSA) is 15.3 Å². The number of hydrogen-bond donors (Lipinski definition) is 1. The third kappa shape index (κ3) is 3.26. The number of nitrogens with zero attached hydrogens (tertiary/aromatic N) is 1. The van der Waals surface area contributed by atoms with Crippen LogP contribution < -0.4 is 5.32 Å². The van der Waals surface area contributed by atoms with Crippen molar-refractivity contribution in [3.05, 3.63) is 22.4 Å². The van der Waals surface area contributed by atoms with Crippen LogP contribution in [0.4, 0.5) is 0 Å². The number of hydrogen-bond acceptors (Lipinski definition) is 3. The van der Waals surface area contributed by atoms with Crippen molar-refractivity contribution >= 4 is 11.3 Å². The molecule has 0 amide bonds. The van der Waals surface area contributed by atoms with E-state index in [2.05, 4.69) is 62.3 Å². The molecule has 1 aromatic heterocycles. The summed E-state index contributed by atoms with van der Waals surface area (Å²) >= 11 is 1.88. The second-order valence-electron chi connectivity index (χ2n) is 7.19. The first kappa shape index (κ1) is 16.0. The van der Waals surface area contributed by atoms with Crippen molar-refractivity contribution in [2.45, 2.75) is 65.6 Å². The summed E-state index contributed by atoms with van der Waals surface area (Å²) in [7, 11) is 0. The molecule has 0 bridgehead atoms. The molecule has 0 radical (unpaired) electrons. The quantitative estimate of drug-likeness (QED) is 0.898. The van der Waals surface area contributed by atoms with Crippen molar-refractivity contribution in [1.82, 2.24) is 10.2 Å². The predicted octanol–water partition coefficient (Wildman–Crippen LogP) is 4.13. The SMILES string of the molecule is CCC1(CC)CNC(C(C)(C)C)CN1Cc1cccs1. The lowest BCUT2D eigenvalue weighted by atomic mass is 9.80. The van der Waals surface area contributed by atoms with E-state index in [-0.39, 0.29) is 0 Å². The minimum atomic E-state index is 0.321. The van der Waals surface area contributed by atoms with Gasteiger partial charge in [0.05, 0.1) is 0 Å². The molecule has 1 atom stereocenters. The molecule has 20 heavy (non-hydrogen) atoms. The molecule has 0 aromatic carbocycles. The number of rotatable bonds is 4. The molecule has 2 nitrogen and oxygen atoms in total. The maximum Gasteiger partial charge on any atom is 0.0334 e. The molecular weight excluding hydrogens is 264 g/mol. The van der Waals surface area contributed by atoms with E-state index in [0.29, 0.717) is 17.0 Å². The summed E-state index contributed by atoms with van der Waals surface area (Å²) in [5.74, 6) is 0. The van der Waals surface area contributed by atoms with Gasteiger partial charge in [-0.3, -0.25) is 4.90 Å². The number of piperazine rings is 1. The van der Waals surface area contributed by atoms with Crippen molar-refractivity contribution in [1.29, 1.82) is 0 Å². The van der Waals surface area contributed by atoms with Gasteiger partial charge in [0.1, 0.15) is 0 Å². The highest BCUT2D eigenvalue weighted by Gasteiger charge is 2.41.